The van der Waals surface area contributed by atoms with Gasteiger partial charge in [-0.25, -0.2) is 4.98 Å². The summed E-state index contributed by atoms with van der Waals surface area (Å²) in [7, 11) is -1.83. The molecule has 0 bridgehead atoms. The molecule has 1 heterocycles. The second kappa shape index (κ2) is 12.7. The lowest BCUT2D eigenvalue weighted by Crippen LogP contribution is -2.41. The Morgan fingerprint density at radius 2 is 1.84 bits per heavy atom. The van der Waals surface area contributed by atoms with Gasteiger partial charge in [-0.15, -0.1) is 0 Å². The normalized spacial score (nSPS) is 15.8. The molecule has 3 rings (SSSR count). The van der Waals surface area contributed by atoms with E-state index in [0.717, 1.165) is 48.3 Å². The number of rotatable bonds is 11. The predicted octanol–water partition coefficient (Wildman–Crippen LogP) is 7.61. The Bertz CT molecular complexity index is 1150. The molecular weight excluding hydrogens is 474 g/mol. The van der Waals surface area contributed by atoms with Gasteiger partial charge in [0.05, 0.1) is 18.4 Å². The molecule has 198 valence electrons. The van der Waals surface area contributed by atoms with Crippen molar-refractivity contribution < 1.29 is 9.16 Å². The van der Waals surface area contributed by atoms with E-state index in [0.29, 0.717) is 25.5 Å². The molecule has 0 amide bonds. The number of nitriles is 1. The van der Waals surface area contributed by atoms with Crippen LogP contribution in [0.4, 0.5) is 0 Å². The minimum atomic E-state index is -1.83. The SMILES string of the molecule is CCCCc1nc(C)nc(OCCO[Si](C)(C)C(C)(C)C)c1Cc1ccc(C2CC=CC=C2C#N)cc1. The average molecular weight is 518 g/mol. The first-order valence-corrected chi connectivity index (χ1v) is 16.5. The molecule has 6 heteroatoms. The number of unbranched alkanes of at least 4 members (excludes halogenated alkanes) is 1. The Morgan fingerprint density at radius 1 is 1.11 bits per heavy atom. The summed E-state index contributed by atoms with van der Waals surface area (Å²) in [5.74, 6) is 1.55. The van der Waals surface area contributed by atoms with Gasteiger partial charge >= 0.3 is 0 Å². The van der Waals surface area contributed by atoms with Gasteiger partial charge < -0.3 is 9.16 Å². The first kappa shape index (κ1) is 28.8. The molecular formula is C31H43N3O2Si. The Labute approximate surface area is 224 Å². The molecule has 1 aliphatic carbocycles. The van der Waals surface area contributed by atoms with Crippen molar-refractivity contribution in [1.82, 2.24) is 9.97 Å². The number of ether oxygens (including phenoxy) is 1. The van der Waals surface area contributed by atoms with Crippen LogP contribution in [0.3, 0.4) is 0 Å². The van der Waals surface area contributed by atoms with Crippen LogP contribution in [0.25, 0.3) is 0 Å². The van der Waals surface area contributed by atoms with Crippen molar-refractivity contribution in [3.63, 3.8) is 0 Å². The molecule has 0 saturated heterocycles. The summed E-state index contributed by atoms with van der Waals surface area (Å²) in [4.78, 5) is 9.52. The third-order valence-electron chi connectivity index (χ3n) is 7.58. The van der Waals surface area contributed by atoms with Crippen molar-refractivity contribution >= 4 is 8.32 Å². The Kier molecular flexibility index (Phi) is 9.86. The molecule has 2 aromatic rings. The molecule has 1 aromatic carbocycles. The van der Waals surface area contributed by atoms with Crippen LogP contribution in [0.2, 0.25) is 18.1 Å². The van der Waals surface area contributed by atoms with E-state index in [-0.39, 0.29) is 11.0 Å². The van der Waals surface area contributed by atoms with Crippen molar-refractivity contribution in [2.24, 2.45) is 0 Å². The molecule has 1 aromatic heterocycles. The highest BCUT2D eigenvalue weighted by Crippen LogP contribution is 2.36. The van der Waals surface area contributed by atoms with E-state index in [1.807, 2.05) is 19.1 Å². The van der Waals surface area contributed by atoms with Crippen LogP contribution in [0.1, 0.15) is 81.1 Å². The van der Waals surface area contributed by atoms with E-state index >= 15 is 0 Å². The summed E-state index contributed by atoms with van der Waals surface area (Å²) in [5, 5.41) is 9.68. The number of aromatic nitrogens is 2. The second-order valence-corrected chi connectivity index (χ2v) is 16.2. The third-order valence-corrected chi connectivity index (χ3v) is 12.1. The van der Waals surface area contributed by atoms with E-state index in [4.69, 9.17) is 19.1 Å². The summed E-state index contributed by atoms with van der Waals surface area (Å²) >= 11 is 0. The van der Waals surface area contributed by atoms with Crippen LogP contribution in [0.15, 0.2) is 48.1 Å². The molecule has 0 spiro atoms. The summed E-state index contributed by atoms with van der Waals surface area (Å²) in [5.41, 5.74) is 5.32. The molecule has 0 radical (unpaired) electrons. The maximum Gasteiger partial charge on any atom is 0.220 e. The Morgan fingerprint density at radius 3 is 2.49 bits per heavy atom. The zero-order valence-electron chi connectivity index (χ0n) is 23.7. The van der Waals surface area contributed by atoms with Gasteiger partial charge in [-0.2, -0.15) is 10.2 Å². The fourth-order valence-corrected chi connectivity index (χ4v) is 5.28. The lowest BCUT2D eigenvalue weighted by atomic mass is 9.85. The Balaban J connectivity index is 1.79. The first-order chi connectivity index (χ1) is 17.6. The van der Waals surface area contributed by atoms with Gasteiger partial charge in [-0.1, -0.05) is 70.5 Å². The maximum absolute atomic E-state index is 9.51. The molecule has 0 aliphatic heterocycles. The molecule has 0 N–H and O–H groups in total. The van der Waals surface area contributed by atoms with Gasteiger partial charge in [0.1, 0.15) is 12.4 Å². The average Bonchev–Trinajstić information content (AvgIpc) is 2.86. The molecule has 0 fully saturated rings. The fourth-order valence-electron chi connectivity index (χ4n) is 4.26. The van der Waals surface area contributed by atoms with Crippen molar-refractivity contribution in [3.05, 3.63) is 76.3 Å². The number of aryl methyl sites for hydroxylation is 2. The quantitative estimate of drug-likeness (QED) is 0.227. The van der Waals surface area contributed by atoms with Gasteiger partial charge in [0.15, 0.2) is 8.32 Å². The van der Waals surface area contributed by atoms with Gasteiger partial charge in [0.25, 0.3) is 0 Å². The Hall–Kier alpha value is -2.75. The lowest BCUT2D eigenvalue weighted by Gasteiger charge is -2.36. The smallest absolute Gasteiger partial charge is 0.220 e. The van der Waals surface area contributed by atoms with Crippen LogP contribution in [0, 0.1) is 18.3 Å². The van der Waals surface area contributed by atoms with Crippen molar-refractivity contribution in [2.75, 3.05) is 13.2 Å². The van der Waals surface area contributed by atoms with E-state index in [9.17, 15) is 5.26 Å². The van der Waals surface area contributed by atoms with E-state index < -0.39 is 8.32 Å². The van der Waals surface area contributed by atoms with E-state index in [1.54, 1.807) is 0 Å². The highest BCUT2D eigenvalue weighted by Gasteiger charge is 2.37. The van der Waals surface area contributed by atoms with Crippen LogP contribution in [-0.4, -0.2) is 31.5 Å². The molecule has 37 heavy (non-hydrogen) atoms. The number of hydrogen-bond donors (Lipinski definition) is 0. The number of allylic oxidation sites excluding steroid dienone is 4. The van der Waals surface area contributed by atoms with Crippen LogP contribution in [-0.2, 0) is 17.3 Å². The summed E-state index contributed by atoms with van der Waals surface area (Å²) in [6, 6.07) is 11.0. The number of benzene rings is 1. The van der Waals surface area contributed by atoms with Gasteiger partial charge in [0, 0.05) is 23.5 Å². The standard InChI is InChI=1S/C31H43N3O2Si/c1-8-9-14-29-28(21-24-15-17-25(18-16-24)27-13-11-10-12-26(27)22-32)30(34-23(2)33-29)35-19-20-36-37(6,7)31(3,4)5/h10-12,15-18,27H,8-9,13-14,19-21H2,1-7H3. The zero-order valence-corrected chi connectivity index (χ0v) is 24.7. The highest BCUT2D eigenvalue weighted by molar-refractivity contribution is 6.74. The van der Waals surface area contributed by atoms with Crippen LogP contribution < -0.4 is 4.74 Å². The largest absolute Gasteiger partial charge is 0.475 e. The van der Waals surface area contributed by atoms with E-state index in [2.05, 4.69) is 77.2 Å². The van der Waals surface area contributed by atoms with Crippen LogP contribution >= 0.6 is 0 Å². The second-order valence-electron chi connectivity index (χ2n) is 11.4. The van der Waals surface area contributed by atoms with Crippen LogP contribution in [0.5, 0.6) is 5.88 Å². The highest BCUT2D eigenvalue weighted by atomic mass is 28.4. The maximum atomic E-state index is 9.51. The topological polar surface area (TPSA) is 68.0 Å². The minimum Gasteiger partial charge on any atom is -0.475 e. The van der Waals surface area contributed by atoms with Crippen molar-refractivity contribution in [1.29, 1.82) is 5.26 Å². The number of hydrogen-bond acceptors (Lipinski definition) is 5. The molecule has 0 saturated carbocycles. The van der Waals surface area contributed by atoms with E-state index in [1.165, 1.54) is 11.1 Å². The monoisotopic (exact) mass is 517 g/mol. The van der Waals surface area contributed by atoms with Gasteiger partial charge in [-0.05, 0) is 61.5 Å². The summed E-state index contributed by atoms with van der Waals surface area (Å²) in [6.07, 6.45) is 10.7. The summed E-state index contributed by atoms with van der Waals surface area (Å²) < 4.78 is 12.6. The van der Waals surface area contributed by atoms with Gasteiger partial charge in [-0.3, -0.25) is 0 Å². The van der Waals surface area contributed by atoms with Crippen molar-refractivity contribution in [3.8, 4) is 11.9 Å². The predicted molar refractivity (Wildman–Crippen MR) is 153 cm³/mol. The third kappa shape index (κ3) is 7.63. The first-order valence-electron chi connectivity index (χ1n) is 13.5. The lowest BCUT2D eigenvalue weighted by molar-refractivity contribution is 0.197. The fraction of sp³-hybridized carbons (Fsp3) is 0.516. The number of nitrogens with zero attached hydrogens (tertiary/aromatic N) is 3. The zero-order chi connectivity index (χ0) is 27.1. The summed E-state index contributed by atoms with van der Waals surface area (Å²) in [6.45, 7) is 16.4. The minimum absolute atomic E-state index is 0.131. The molecule has 1 atom stereocenters. The van der Waals surface area contributed by atoms with Crippen molar-refractivity contribution in [2.45, 2.75) is 90.8 Å². The van der Waals surface area contributed by atoms with Gasteiger partial charge in [0.2, 0.25) is 5.88 Å². The molecule has 1 aliphatic rings. The molecule has 5 nitrogen and oxygen atoms in total. The molecule has 1 unspecified atom stereocenters.